The highest BCUT2D eigenvalue weighted by atomic mass is 32.2. The number of hydrogen-bond donors (Lipinski definition) is 3. The Morgan fingerprint density at radius 2 is 2.12 bits per heavy atom. The Labute approximate surface area is 100 Å². The minimum absolute atomic E-state index is 0.0261. The second-order valence-corrected chi connectivity index (χ2v) is 5.55. The third-order valence-electron chi connectivity index (χ3n) is 2.30. The van der Waals surface area contributed by atoms with Gasteiger partial charge >= 0.3 is 0 Å². The van der Waals surface area contributed by atoms with E-state index in [-0.39, 0.29) is 36.5 Å². The molecular weight excluding hydrogens is 246 g/mol. The highest BCUT2D eigenvalue weighted by molar-refractivity contribution is 7.89. The topological polar surface area (TPSA) is 99.8 Å². The lowest BCUT2D eigenvalue weighted by Gasteiger charge is -2.10. The normalized spacial score (nSPS) is 13.8. The summed E-state index contributed by atoms with van der Waals surface area (Å²) in [5.41, 5.74) is 0. The van der Waals surface area contributed by atoms with Gasteiger partial charge in [-0.1, -0.05) is 6.92 Å². The van der Waals surface area contributed by atoms with Crippen LogP contribution in [0.4, 0.5) is 0 Å². The largest absolute Gasteiger partial charge is 0.446 e. The van der Waals surface area contributed by atoms with E-state index in [0.717, 1.165) is 0 Å². The van der Waals surface area contributed by atoms with Crippen molar-refractivity contribution in [2.75, 3.05) is 13.2 Å². The van der Waals surface area contributed by atoms with Crippen LogP contribution in [0.25, 0.3) is 0 Å². The fourth-order valence-electron chi connectivity index (χ4n) is 1.23. The molecule has 1 rings (SSSR count). The molecule has 1 aromatic rings. The van der Waals surface area contributed by atoms with Gasteiger partial charge in [-0.3, -0.25) is 0 Å². The monoisotopic (exact) mass is 263 g/mol. The molecule has 0 aliphatic carbocycles. The molecule has 1 aromatic heterocycles. The molecule has 0 spiro atoms. The summed E-state index contributed by atoms with van der Waals surface area (Å²) in [5.74, 6) is 0.246. The molecule has 6 nitrogen and oxygen atoms in total. The highest BCUT2D eigenvalue weighted by Gasteiger charge is 2.19. The lowest BCUT2D eigenvalue weighted by Crippen LogP contribution is -2.28. The minimum atomic E-state index is -3.67. The molecule has 0 radical (unpaired) electrons. The maximum atomic E-state index is 11.7. The SMILES string of the molecule is CC(CCO)CNS(=O)(=O)c1ccc(CO)o1. The van der Waals surface area contributed by atoms with E-state index < -0.39 is 10.0 Å². The first-order valence-electron chi connectivity index (χ1n) is 5.29. The van der Waals surface area contributed by atoms with Crippen molar-refractivity contribution in [3.63, 3.8) is 0 Å². The molecule has 0 saturated heterocycles. The van der Waals surface area contributed by atoms with Gasteiger partial charge in [-0.05, 0) is 24.5 Å². The lowest BCUT2D eigenvalue weighted by atomic mass is 10.1. The summed E-state index contributed by atoms with van der Waals surface area (Å²) in [5, 5.41) is 17.3. The van der Waals surface area contributed by atoms with Gasteiger partial charge in [-0.25, -0.2) is 13.1 Å². The molecule has 1 atom stereocenters. The zero-order chi connectivity index (χ0) is 12.9. The zero-order valence-electron chi connectivity index (χ0n) is 9.59. The van der Waals surface area contributed by atoms with Crippen LogP contribution in [-0.2, 0) is 16.6 Å². The van der Waals surface area contributed by atoms with Crippen LogP contribution in [0.2, 0.25) is 0 Å². The highest BCUT2D eigenvalue weighted by Crippen LogP contribution is 2.14. The van der Waals surface area contributed by atoms with Crippen LogP contribution >= 0.6 is 0 Å². The van der Waals surface area contributed by atoms with Gasteiger partial charge in [0, 0.05) is 13.2 Å². The van der Waals surface area contributed by atoms with E-state index in [0.29, 0.717) is 6.42 Å². The average Bonchev–Trinajstić information content (AvgIpc) is 2.76. The summed E-state index contributed by atoms with van der Waals surface area (Å²) in [6, 6.07) is 2.70. The van der Waals surface area contributed by atoms with Crippen LogP contribution in [-0.4, -0.2) is 31.8 Å². The van der Waals surface area contributed by atoms with Crippen molar-refractivity contribution in [1.29, 1.82) is 0 Å². The second-order valence-electron chi connectivity index (χ2n) is 3.85. The molecule has 0 fully saturated rings. The van der Waals surface area contributed by atoms with Gasteiger partial charge in [0.1, 0.15) is 12.4 Å². The molecule has 0 aliphatic heterocycles. The van der Waals surface area contributed by atoms with Crippen LogP contribution in [0.3, 0.4) is 0 Å². The number of nitrogens with one attached hydrogen (secondary N) is 1. The van der Waals surface area contributed by atoms with Crippen molar-refractivity contribution >= 4 is 10.0 Å². The second kappa shape index (κ2) is 6.15. The molecule has 0 aliphatic rings. The van der Waals surface area contributed by atoms with Crippen LogP contribution in [0.15, 0.2) is 21.6 Å². The summed E-state index contributed by atoms with van der Waals surface area (Å²) in [6.07, 6.45) is 0.530. The van der Waals surface area contributed by atoms with Crippen LogP contribution in [0.1, 0.15) is 19.1 Å². The van der Waals surface area contributed by atoms with Gasteiger partial charge in [0.2, 0.25) is 5.09 Å². The third kappa shape index (κ3) is 4.12. The molecule has 1 unspecified atom stereocenters. The van der Waals surface area contributed by atoms with Crippen LogP contribution in [0.5, 0.6) is 0 Å². The third-order valence-corrected chi connectivity index (χ3v) is 3.60. The van der Waals surface area contributed by atoms with Gasteiger partial charge in [0.05, 0.1) is 0 Å². The lowest BCUT2D eigenvalue weighted by molar-refractivity contribution is 0.236. The Bertz CT molecular complexity index is 439. The van der Waals surface area contributed by atoms with E-state index in [1.165, 1.54) is 12.1 Å². The molecule has 98 valence electrons. The Morgan fingerprint density at radius 3 is 2.65 bits per heavy atom. The average molecular weight is 263 g/mol. The quantitative estimate of drug-likeness (QED) is 0.646. The molecule has 0 aromatic carbocycles. The van der Waals surface area contributed by atoms with E-state index >= 15 is 0 Å². The van der Waals surface area contributed by atoms with Gasteiger partial charge < -0.3 is 14.6 Å². The van der Waals surface area contributed by atoms with E-state index in [1.54, 1.807) is 0 Å². The van der Waals surface area contributed by atoms with Crippen LogP contribution in [0, 0.1) is 5.92 Å². The Kier molecular flexibility index (Phi) is 5.13. The molecule has 7 heteroatoms. The summed E-state index contributed by atoms with van der Waals surface area (Å²) in [7, 11) is -3.67. The Morgan fingerprint density at radius 1 is 1.41 bits per heavy atom. The summed E-state index contributed by atoms with van der Waals surface area (Å²) in [6.45, 7) is 1.76. The van der Waals surface area contributed by atoms with Crippen LogP contribution < -0.4 is 4.72 Å². The summed E-state index contributed by atoms with van der Waals surface area (Å²) >= 11 is 0. The first kappa shape index (κ1) is 14.2. The van der Waals surface area contributed by atoms with Gasteiger partial charge in [-0.2, -0.15) is 0 Å². The Balaban J connectivity index is 2.62. The van der Waals surface area contributed by atoms with Gasteiger partial charge in [-0.15, -0.1) is 0 Å². The van der Waals surface area contributed by atoms with Gasteiger partial charge in [0.15, 0.2) is 0 Å². The maximum absolute atomic E-state index is 11.7. The fraction of sp³-hybridized carbons (Fsp3) is 0.600. The van der Waals surface area contributed by atoms with E-state index in [9.17, 15) is 8.42 Å². The predicted molar refractivity (Wildman–Crippen MR) is 60.7 cm³/mol. The number of furan rings is 1. The molecule has 1 heterocycles. The number of hydrogen-bond acceptors (Lipinski definition) is 5. The van der Waals surface area contributed by atoms with Crippen molar-refractivity contribution in [2.24, 2.45) is 5.92 Å². The first-order valence-corrected chi connectivity index (χ1v) is 6.78. The zero-order valence-corrected chi connectivity index (χ0v) is 10.4. The van der Waals surface area contributed by atoms with E-state index in [1.807, 2.05) is 6.92 Å². The fourth-order valence-corrected chi connectivity index (χ4v) is 2.34. The smallest absolute Gasteiger partial charge is 0.273 e. The Hall–Kier alpha value is -0.890. The van der Waals surface area contributed by atoms with Crippen molar-refractivity contribution in [3.8, 4) is 0 Å². The molecular formula is C10H17NO5S. The number of aliphatic hydroxyl groups excluding tert-OH is 2. The number of aliphatic hydroxyl groups is 2. The molecule has 0 bridgehead atoms. The summed E-state index contributed by atoms with van der Waals surface area (Å²) in [4.78, 5) is 0. The molecule has 0 saturated carbocycles. The van der Waals surface area contributed by atoms with Crippen molar-refractivity contribution in [3.05, 3.63) is 17.9 Å². The van der Waals surface area contributed by atoms with E-state index in [2.05, 4.69) is 4.72 Å². The van der Waals surface area contributed by atoms with Crippen molar-refractivity contribution in [2.45, 2.75) is 25.0 Å². The maximum Gasteiger partial charge on any atom is 0.273 e. The van der Waals surface area contributed by atoms with Crippen molar-refractivity contribution < 1.29 is 23.0 Å². The minimum Gasteiger partial charge on any atom is -0.446 e. The molecule has 0 amide bonds. The standard InChI is InChI=1S/C10H17NO5S/c1-8(4-5-12)6-11-17(14,15)10-3-2-9(7-13)16-10/h2-3,8,11-13H,4-7H2,1H3. The molecule has 17 heavy (non-hydrogen) atoms. The number of rotatable bonds is 7. The predicted octanol–water partition coefficient (Wildman–Crippen LogP) is 0.0687. The first-order chi connectivity index (χ1) is 7.99. The molecule has 3 N–H and O–H groups in total. The van der Waals surface area contributed by atoms with E-state index in [4.69, 9.17) is 14.6 Å². The van der Waals surface area contributed by atoms with Crippen molar-refractivity contribution in [1.82, 2.24) is 4.72 Å². The summed E-state index contributed by atoms with van der Waals surface area (Å²) < 4.78 is 30.8. The van der Waals surface area contributed by atoms with Gasteiger partial charge in [0.25, 0.3) is 10.0 Å². The number of sulfonamides is 1.